The van der Waals surface area contributed by atoms with Gasteiger partial charge in [-0.2, -0.15) is 0 Å². The SMILES string of the molecule is CCOC(=O)C#Cc1c(-c2ccccc2)oc2ncnc(NCCc3ccc(NC(=O)Nc4ccc(CN(C)CCNC(=O)C#Cc5c(-c6ccccc6)oc6ncnc(NCCc7ccc(NC(=O)Nc8ccccc8)cc7)c56)cc4)cc3)c12. The molecule has 0 bridgehead atoms. The molecule has 0 aliphatic heterocycles. The van der Waals surface area contributed by atoms with Gasteiger partial charge in [-0.3, -0.25) is 4.79 Å². The smallest absolute Gasteiger partial charge is 0.384 e. The Morgan fingerprint density at radius 3 is 1.39 bits per heavy atom. The first-order valence-corrected chi connectivity index (χ1v) is 27.4. The number of furan rings is 2. The first-order valence-electron chi connectivity index (χ1n) is 27.4. The lowest BCUT2D eigenvalue weighted by Gasteiger charge is -2.17. The van der Waals surface area contributed by atoms with Crippen molar-refractivity contribution in [3.05, 3.63) is 204 Å². The Kier molecular flexibility index (Phi) is 18.7. The van der Waals surface area contributed by atoms with Gasteiger partial charge in [0.1, 0.15) is 24.3 Å². The van der Waals surface area contributed by atoms with Crippen molar-refractivity contribution in [3.8, 4) is 46.3 Å². The van der Waals surface area contributed by atoms with Crippen molar-refractivity contribution in [1.82, 2.24) is 30.2 Å². The van der Waals surface area contributed by atoms with E-state index in [-0.39, 0.29) is 18.7 Å². The molecule has 0 aliphatic rings. The summed E-state index contributed by atoms with van der Waals surface area (Å²) in [4.78, 5) is 70.8. The van der Waals surface area contributed by atoms with Gasteiger partial charge in [0.2, 0.25) is 11.4 Å². The van der Waals surface area contributed by atoms with E-state index in [0.717, 1.165) is 27.8 Å². The van der Waals surface area contributed by atoms with E-state index in [1.54, 1.807) is 6.92 Å². The summed E-state index contributed by atoms with van der Waals surface area (Å²) < 4.78 is 17.5. The largest absolute Gasteiger partial charge is 0.456 e. The number of amides is 5. The van der Waals surface area contributed by atoms with E-state index in [9.17, 15) is 19.2 Å². The van der Waals surface area contributed by atoms with Crippen LogP contribution >= 0.6 is 0 Å². The lowest BCUT2D eigenvalue weighted by molar-refractivity contribution is -0.136. The van der Waals surface area contributed by atoms with E-state index < -0.39 is 11.9 Å². The van der Waals surface area contributed by atoms with E-state index in [2.05, 4.69) is 85.7 Å². The highest BCUT2D eigenvalue weighted by Crippen LogP contribution is 2.37. The normalized spacial score (nSPS) is 10.7. The van der Waals surface area contributed by atoms with E-state index >= 15 is 0 Å². The summed E-state index contributed by atoms with van der Waals surface area (Å²) in [5.41, 5.74) is 8.86. The summed E-state index contributed by atoms with van der Waals surface area (Å²) in [6.45, 7) is 4.44. The Morgan fingerprint density at radius 1 is 0.506 bits per heavy atom. The third-order valence-electron chi connectivity index (χ3n) is 13.2. The minimum Gasteiger partial charge on any atom is -0.456 e. The van der Waals surface area contributed by atoms with Crippen molar-refractivity contribution < 1.29 is 32.7 Å². The molecule has 0 radical (unpaired) electrons. The van der Waals surface area contributed by atoms with Crippen LogP contribution in [0.5, 0.6) is 0 Å². The summed E-state index contributed by atoms with van der Waals surface area (Å²) in [5, 5.41) is 22.3. The van der Waals surface area contributed by atoms with Crippen LogP contribution in [-0.4, -0.2) is 88.6 Å². The van der Waals surface area contributed by atoms with Gasteiger partial charge in [-0.15, -0.1) is 0 Å². The molecule has 19 nitrogen and oxygen atoms in total. The monoisotopic (exact) mass is 1130 g/mol. The fraction of sp³-hybridized carbons (Fsp3) is 0.152. The molecule has 0 unspecified atom stereocenters. The number of para-hydroxylation sites is 1. The van der Waals surface area contributed by atoms with Crippen LogP contribution in [-0.2, 0) is 33.7 Å². The fourth-order valence-corrected chi connectivity index (χ4v) is 9.12. The maximum Gasteiger partial charge on any atom is 0.384 e. The molecule has 6 aromatic carbocycles. The summed E-state index contributed by atoms with van der Waals surface area (Å²) in [6.07, 6.45) is 4.12. The van der Waals surface area contributed by atoms with Gasteiger partial charge >= 0.3 is 18.0 Å². The number of carbonyl (C=O) groups excluding carboxylic acids is 4. The van der Waals surface area contributed by atoms with Crippen molar-refractivity contribution in [2.24, 2.45) is 0 Å². The van der Waals surface area contributed by atoms with Gasteiger partial charge in [0.15, 0.2) is 11.5 Å². The number of benzene rings is 6. The second-order valence-corrected chi connectivity index (χ2v) is 19.3. The Hall–Kier alpha value is -11.3. The second kappa shape index (κ2) is 27.9. The van der Waals surface area contributed by atoms with Crippen molar-refractivity contribution in [2.45, 2.75) is 26.3 Å². The molecule has 424 valence electrons. The second-order valence-electron chi connectivity index (χ2n) is 19.3. The summed E-state index contributed by atoms with van der Waals surface area (Å²) in [7, 11) is 1.96. The predicted octanol–water partition coefficient (Wildman–Crippen LogP) is 11.2. The van der Waals surface area contributed by atoms with Gasteiger partial charge in [-0.1, -0.05) is 121 Å². The number of hydrogen-bond donors (Lipinski definition) is 7. The summed E-state index contributed by atoms with van der Waals surface area (Å²) in [5.74, 6) is 12.2. The highest BCUT2D eigenvalue weighted by Gasteiger charge is 2.22. The Bertz CT molecular complexity index is 4080. The first-order chi connectivity index (χ1) is 41.6. The van der Waals surface area contributed by atoms with Crippen molar-refractivity contribution >= 4 is 80.5 Å². The zero-order chi connectivity index (χ0) is 58.7. The molecule has 4 heterocycles. The number of hydrogen-bond acceptors (Lipinski definition) is 14. The fourth-order valence-electron chi connectivity index (χ4n) is 9.12. The molecule has 10 rings (SSSR count). The third-order valence-corrected chi connectivity index (χ3v) is 13.2. The summed E-state index contributed by atoms with van der Waals surface area (Å²) in [6, 6.07) is 50.2. The molecule has 10 aromatic rings. The molecule has 0 saturated heterocycles. The van der Waals surface area contributed by atoms with E-state index in [1.807, 2.05) is 171 Å². The molecule has 0 spiro atoms. The number of nitrogens with zero attached hydrogens (tertiary/aromatic N) is 5. The van der Waals surface area contributed by atoms with Crippen LogP contribution in [0.4, 0.5) is 44.0 Å². The first kappa shape index (κ1) is 57.0. The number of fused-ring (bicyclic) bond motifs is 2. The number of anilines is 6. The Labute approximate surface area is 490 Å². The highest BCUT2D eigenvalue weighted by atomic mass is 16.5. The molecule has 5 amide bonds. The predicted molar refractivity (Wildman–Crippen MR) is 330 cm³/mol. The third kappa shape index (κ3) is 15.4. The van der Waals surface area contributed by atoms with Gasteiger partial charge in [-0.25, -0.2) is 34.3 Å². The van der Waals surface area contributed by atoms with Gasteiger partial charge in [0.05, 0.1) is 28.5 Å². The standard InChI is InChI=1S/C66H58N12O7/c1-3-83-56(80)34-32-54-58-62(71-43-73-64(58)85-60(54)48-15-9-5-10-16-48)69-38-36-45-21-27-51(28-22-45)76-66(82)77-52-29-23-46(24-30-52)41-78(2)40-39-67-55(79)33-31-53-57-61(70-42-72-63(57)84-59(53)47-13-7-4-8-14-47)68-37-35-44-19-25-50(26-20-44)75-65(81)74-49-17-11-6-12-18-49/h4-30,42-43H,3,35-41H2,1-2H3,(H,67,79)(H,68,70,72)(H,69,71,73)(H2,74,75,81)(H2,76,77,82). The molecule has 0 saturated carbocycles. The maximum absolute atomic E-state index is 13.2. The van der Waals surface area contributed by atoms with Gasteiger partial charge in [0.25, 0.3) is 5.91 Å². The minimum absolute atomic E-state index is 0.208. The van der Waals surface area contributed by atoms with Crippen molar-refractivity contribution in [2.75, 3.05) is 71.7 Å². The number of rotatable bonds is 20. The lowest BCUT2D eigenvalue weighted by atomic mass is 10.1. The summed E-state index contributed by atoms with van der Waals surface area (Å²) >= 11 is 0. The van der Waals surface area contributed by atoms with E-state index in [1.165, 1.54) is 12.7 Å². The van der Waals surface area contributed by atoms with Crippen LogP contribution in [0.15, 0.2) is 185 Å². The van der Waals surface area contributed by atoms with Crippen LogP contribution in [0.3, 0.4) is 0 Å². The van der Waals surface area contributed by atoms with Crippen LogP contribution in [0.1, 0.15) is 34.7 Å². The lowest BCUT2D eigenvalue weighted by Crippen LogP contribution is -2.32. The molecular weight excluding hydrogens is 1070 g/mol. The Balaban J connectivity index is 0.677. The van der Waals surface area contributed by atoms with Gasteiger partial charge in [0, 0.05) is 78.4 Å². The average Bonchev–Trinajstić information content (AvgIpc) is 2.43. The van der Waals surface area contributed by atoms with Crippen LogP contribution in [0, 0.1) is 23.7 Å². The number of likely N-dealkylation sites (N-methyl/N-ethyl adjacent to an activating group) is 1. The maximum atomic E-state index is 13.2. The van der Waals surface area contributed by atoms with Crippen LogP contribution in [0.2, 0.25) is 0 Å². The minimum atomic E-state index is -0.646. The average molecular weight is 1130 g/mol. The van der Waals surface area contributed by atoms with Gasteiger partial charge < -0.3 is 55.7 Å². The van der Waals surface area contributed by atoms with Crippen molar-refractivity contribution in [3.63, 3.8) is 0 Å². The van der Waals surface area contributed by atoms with Crippen LogP contribution < -0.4 is 37.2 Å². The number of urea groups is 2. The van der Waals surface area contributed by atoms with Crippen LogP contribution in [0.25, 0.3) is 44.8 Å². The topological polar surface area (TPSA) is 243 Å². The number of nitrogens with one attached hydrogen (secondary N) is 7. The molecule has 0 atom stereocenters. The molecule has 0 aliphatic carbocycles. The van der Waals surface area contributed by atoms with Crippen molar-refractivity contribution in [1.29, 1.82) is 0 Å². The number of aromatic nitrogens is 4. The molecule has 7 N–H and O–H groups in total. The number of carbonyl (C=O) groups is 4. The molecule has 19 heteroatoms. The zero-order valence-corrected chi connectivity index (χ0v) is 46.5. The quantitative estimate of drug-likeness (QED) is 0.0277. The zero-order valence-electron chi connectivity index (χ0n) is 46.5. The van der Waals surface area contributed by atoms with E-state index in [4.69, 9.17) is 13.6 Å². The molecule has 0 fully saturated rings. The van der Waals surface area contributed by atoms with E-state index in [0.29, 0.717) is 125 Å². The van der Waals surface area contributed by atoms with Gasteiger partial charge in [-0.05, 0) is 98.0 Å². The number of esters is 1. The molecular formula is C66H58N12O7. The Morgan fingerprint density at radius 2 is 0.929 bits per heavy atom. The number of ether oxygens (including phenoxy) is 1. The molecule has 4 aromatic heterocycles. The highest BCUT2D eigenvalue weighted by molar-refractivity contribution is 6.02. The molecule has 85 heavy (non-hydrogen) atoms.